The molecule has 2 N–H and O–H groups in total. The number of carbonyl (C=O) groups excluding carboxylic acids is 2. The molecule has 1 aliphatic rings. The largest absolute Gasteiger partial charge is 0.475 e. The number of nitrogens with one attached hydrogen (secondary N) is 1. The van der Waals surface area contributed by atoms with Crippen LogP contribution < -0.4 is 10.4 Å². The van der Waals surface area contributed by atoms with Crippen LogP contribution in [0.5, 0.6) is 0 Å². The molecule has 1 saturated heterocycles. The summed E-state index contributed by atoms with van der Waals surface area (Å²) in [5.74, 6) is -2.54. The molecule has 28 heavy (non-hydrogen) atoms. The van der Waals surface area contributed by atoms with E-state index < -0.39 is 17.8 Å². The van der Waals surface area contributed by atoms with Crippen LogP contribution >= 0.6 is 0 Å². The molecular weight excluding hydrogens is 360 g/mol. The zero-order chi connectivity index (χ0) is 19.7. The summed E-state index contributed by atoms with van der Waals surface area (Å²) in [6, 6.07) is 19.6. The molecule has 0 saturated carbocycles. The molecule has 2 heterocycles. The van der Waals surface area contributed by atoms with E-state index in [-0.39, 0.29) is 17.1 Å². The highest BCUT2D eigenvalue weighted by molar-refractivity contribution is 6.31. The first-order chi connectivity index (χ1) is 13.5. The fourth-order valence-electron chi connectivity index (χ4n) is 2.86. The molecule has 1 aliphatic heterocycles. The second-order valence-corrected chi connectivity index (χ2v) is 6.06. The lowest BCUT2D eigenvalue weighted by Gasteiger charge is -2.15. The van der Waals surface area contributed by atoms with E-state index in [1.54, 1.807) is 12.1 Å². The van der Waals surface area contributed by atoms with Crippen molar-refractivity contribution in [2.24, 2.45) is 0 Å². The van der Waals surface area contributed by atoms with Gasteiger partial charge < -0.3 is 9.52 Å². The monoisotopic (exact) mass is 374 g/mol. The molecule has 0 unspecified atom stereocenters. The van der Waals surface area contributed by atoms with Crippen LogP contribution in [-0.2, 0) is 9.59 Å². The fraction of sp³-hybridized carbons (Fsp3) is 0. The van der Waals surface area contributed by atoms with Crippen LogP contribution in [0.3, 0.4) is 0 Å². The summed E-state index contributed by atoms with van der Waals surface area (Å²) in [4.78, 5) is 35.7. The van der Waals surface area contributed by atoms with Gasteiger partial charge in [0.05, 0.1) is 5.69 Å². The molecule has 1 aromatic heterocycles. The summed E-state index contributed by atoms with van der Waals surface area (Å²) in [6.07, 6.45) is 1.22. The number of amides is 2. The summed E-state index contributed by atoms with van der Waals surface area (Å²) in [7, 11) is 0. The van der Waals surface area contributed by atoms with Crippen molar-refractivity contribution in [3.8, 4) is 11.1 Å². The Labute approximate surface area is 159 Å². The number of hydrogen-bond donors (Lipinski definition) is 2. The molecule has 138 valence electrons. The smallest absolute Gasteiger partial charge is 0.371 e. The lowest BCUT2D eigenvalue weighted by Crippen LogP contribution is -2.35. The summed E-state index contributed by atoms with van der Waals surface area (Å²) in [5, 5.41) is 10.0. The SMILES string of the molecule is O=C1NN(c2ccc(-c3ccccc3)cc2)C(=O)/C1=C\c1ccc(C(=O)O)o1. The van der Waals surface area contributed by atoms with Crippen LogP contribution in [0.1, 0.15) is 16.3 Å². The Bertz CT molecular complexity index is 1100. The second kappa shape index (κ2) is 6.88. The Kier molecular flexibility index (Phi) is 4.25. The Balaban J connectivity index is 1.58. The van der Waals surface area contributed by atoms with Crippen molar-refractivity contribution in [1.29, 1.82) is 0 Å². The Morgan fingerprint density at radius 1 is 0.929 bits per heavy atom. The number of carbonyl (C=O) groups is 3. The third-order valence-electron chi connectivity index (χ3n) is 4.25. The Hall–Kier alpha value is -4.13. The van der Waals surface area contributed by atoms with E-state index in [1.807, 2.05) is 42.5 Å². The summed E-state index contributed by atoms with van der Waals surface area (Å²) < 4.78 is 5.08. The number of carboxylic acid groups (broad SMARTS) is 1. The maximum atomic E-state index is 12.6. The van der Waals surface area contributed by atoms with Crippen molar-refractivity contribution < 1.29 is 23.9 Å². The predicted molar refractivity (Wildman–Crippen MR) is 101 cm³/mol. The van der Waals surface area contributed by atoms with Gasteiger partial charge in [-0.25, -0.2) is 9.80 Å². The fourth-order valence-corrected chi connectivity index (χ4v) is 2.86. The summed E-state index contributed by atoms with van der Waals surface area (Å²) in [6.45, 7) is 0. The predicted octanol–water partition coefficient (Wildman–Crippen LogP) is 3.11. The zero-order valence-electron chi connectivity index (χ0n) is 14.5. The highest BCUT2D eigenvalue weighted by Crippen LogP contribution is 2.26. The number of aromatic carboxylic acids is 1. The first-order valence-corrected chi connectivity index (χ1v) is 8.39. The van der Waals surface area contributed by atoms with Gasteiger partial charge in [0.15, 0.2) is 0 Å². The minimum absolute atomic E-state index is 0.108. The van der Waals surface area contributed by atoms with Crippen LogP contribution in [0.15, 0.2) is 76.7 Å². The van der Waals surface area contributed by atoms with Crippen LogP contribution in [0.2, 0.25) is 0 Å². The lowest BCUT2D eigenvalue weighted by atomic mass is 10.1. The maximum Gasteiger partial charge on any atom is 0.371 e. The second-order valence-electron chi connectivity index (χ2n) is 6.06. The quantitative estimate of drug-likeness (QED) is 0.540. The van der Waals surface area contributed by atoms with Crippen molar-refractivity contribution in [2.75, 3.05) is 5.01 Å². The van der Waals surface area contributed by atoms with Crippen LogP contribution in [0.4, 0.5) is 5.69 Å². The molecule has 1 fully saturated rings. The number of rotatable bonds is 4. The average molecular weight is 374 g/mol. The van der Waals surface area contributed by atoms with E-state index in [9.17, 15) is 14.4 Å². The molecule has 4 rings (SSSR count). The van der Waals surface area contributed by atoms with Gasteiger partial charge in [0.2, 0.25) is 5.76 Å². The molecule has 7 heteroatoms. The van der Waals surface area contributed by atoms with Gasteiger partial charge in [-0.2, -0.15) is 0 Å². The molecule has 0 atom stereocenters. The van der Waals surface area contributed by atoms with Gasteiger partial charge in [0.1, 0.15) is 11.3 Å². The van der Waals surface area contributed by atoms with E-state index in [0.29, 0.717) is 5.69 Å². The zero-order valence-corrected chi connectivity index (χ0v) is 14.5. The normalized spacial score (nSPS) is 15.1. The molecule has 0 bridgehead atoms. The van der Waals surface area contributed by atoms with Crippen LogP contribution in [-0.4, -0.2) is 22.9 Å². The number of hydrogen-bond acceptors (Lipinski definition) is 4. The topological polar surface area (TPSA) is 99.9 Å². The standard InChI is InChI=1S/C21H14N2O5/c24-19-17(12-16-10-11-18(28-16)21(26)27)20(25)23(22-19)15-8-6-14(7-9-15)13-4-2-1-3-5-13/h1-12H,(H,22,24)(H,26,27)/b17-12-. The third-order valence-corrected chi connectivity index (χ3v) is 4.25. The van der Waals surface area contributed by atoms with Crippen molar-refractivity contribution in [3.63, 3.8) is 0 Å². The van der Waals surface area contributed by atoms with Crippen molar-refractivity contribution in [3.05, 3.63) is 83.8 Å². The average Bonchev–Trinajstić information content (AvgIpc) is 3.29. The van der Waals surface area contributed by atoms with E-state index in [2.05, 4.69) is 5.43 Å². The number of anilines is 1. The molecule has 0 spiro atoms. The molecule has 3 aromatic rings. The molecule has 2 aromatic carbocycles. The van der Waals surface area contributed by atoms with Crippen LogP contribution in [0.25, 0.3) is 17.2 Å². The van der Waals surface area contributed by atoms with Gasteiger partial charge in [-0.3, -0.25) is 15.0 Å². The van der Waals surface area contributed by atoms with Crippen molar-refractivity contribution in [2.45, 2.75) is 0 Å². The lowest BCUT2D eigenvalue weighted by molar-refractivity contribution is -0.117. The van der Waals surface area contributed by atoms with E-state index >= 15 is 0 Å². The Morgan fingerprint density at radius 2 is 1.61 bits per heavy atom. The van der Waals surface area contributed by atoms with E-state index in [4.69, 9.17) is 9.52 Å². The number of hydrazine groups is 1. The third kappa shape index (κ3) is 3.16. The van der Waals surface area contributed by atoms with Gasteiger partial charge in [-0.05, 0) is 41.5 Å². The first-order valence-electron chi connectivity index (χ1n) is 8.39. The highest BCUT2D eigenvalue weighted by Gasteiger charge is 2.34. The molecular formula is C21H14N2O5. The minimum Gasteiger partial charge on any atom is -0.475 e. The van der Waals surface area contributed by atoms with Gasteiger partial charge in [-0.15, -0.1) is 0 Å². The number of furan rings is 1. The molecule has 0 radical (unpaired) electrons. The number of benzene rings is 2. The Morgan fingerprint density at radius 3 is 2.25 bits per heavy atom. The molecule has 7 nitrogen and oxygen atoms in total. The van der Waals surface area contributed by atoms with Crippen molar-refractivity contribution >= 4 is 29.5 Å². The highest BCUT2D eigenvalue weighted by atomic mass is 16.4. The van der Waals surface area contributed by atoms with Gasteiger partial charge in [0.25, 0.3) is 11.8 Å². The molecule has 0 aliphatic carbocycles. The maximum absolute atomic E-state index is 12.6. The summed E-state index contributed by atoms with van der Waals surface area (Å²) >= 11 is 0. The number of nitrogens with zero attached hydrogens (tertiary/aromatic N) is 1. The van der Waals surface area contributed by atoms with Crippen molar-refractivity contribution in [1.82, 2.24) is 5.43 Å². The van der Waals surface area contributed by atoms with E-state index in [1.165, 1.54) is 18.2 Å². The molecule has 2 amide bonds. The van der Waals surface area contributed by atoms with Gasteiger partial charge in [0, 0.05) is 0 Å². The minimum atomic E-state index is -1.23. The summed E-state index contributed by atoms with van der Waals surface area (Å²) in [5.41, 5.74) is 4.89. The van der Waals surface area contributed by atoms with Crippen LogP contribution in [0, 0.1) is 0 Å². The van der Waals surface area contributed by atoms with Gasteiger partial charge >= 0.3 is 5.97 Å². The van der Waals surface area contributed by atoms with E-state index in [0.717, 1.165) is 16.1 Å². The number of carboxylic acids is 1. The first kappa shape index (κ1) is 17.3. The van der Waals surface area contributed by atoms with Gasteiger partial charge in [-0.1, -0.05) is 42.5 Å².